The molecule has 0 fully saturated rings. The highest BCUT2D eigenvalue weighted by atomic mass is 19.4. The van der Waals surface area contributed by atoms with E-state index in [2.05, 4.69) is 0 Å². The maximum Gasteiger partial charge on any atom is 0.464 e. The van der Waals surface area contributed by atoms with E-state index in [4.69, 9.17) is 0 Å². The van der Waals surface area contributed by atoms with Gasteiger partial charge in [0, 0.05) is 7.05 Å². The molecule has 0 saturated heterocycles. The molecule has 2 nitrogen and oxygen atoms in total. The van der Waals surface area contributed by atoms with Gasteiger partial charge in [-0.1, -0.05) is 0 Å². The molecule has 0 aromatic rings. The summed E-state index contributed by atoms with van der Waals surface area (Å²) in [6.07, 6.45) is -21.4. The third-order valence-electron chi connectivity index (χ3n) is 2.56. The zero-order valence-electron chi connectivity index (χ0n) is 10.6. The Hall–Kier alpha value is -1.35. The summed E-state index contributed by atoms with van der Waals surface area (Å²) in [4.78, 5) is 7.99. The summed E-state index contributed by atoms with van der Waals surface area (Å²) in [6.45, 7) is 0. The number of Topliss-reactive ketones (excluding diaryl/α,β-unsaturated/α-hetero) is 1. The fourth-order valence-corrected chi connectivity index (χ4v) is 1.14. The first-order chi connectivity index (χ1) is 10.1. The molecule has 0 amide bonds. The Balaban J connectivity index is 6.35. The lowest BCUT2D eigenvalue weighted by Gasteiger charge is -2.37. The van der Waals surface area contributed by atoms with Crippen LogP contribution in [-0.2, 0) is 4.79 Å². The minimum absolute atomic E-state index is 0.901. The third-order valence-corrected chi connectivity index (χ3v) is 2.56. The topological polar surface area (TPSA) is 20.3 Å². The Labute approximate surface area is 122 Å². The minimum atomic E-state index is -7.53. The van der Waals surface area contributed by atoms with Crippen molar-refractivity contribution in [1.82, 2.24) is 4.90 Å². The molecule has 0 saturated carbocycles. The molecule has 0 atom stereocenters. The molecule has 0 N–H and O–H groups in total. The van der Waals surface area contributed by atoms with Crippen molar-refractivity contribution in [2.75, 3.05) is 7.05 Å². The molecular weight excluding hydrogens is 392 g/mol. The molecule has 0 aliphatic rings. The van der Waals surface area contributed by atoms with E-state index < -0.39 is 54.0 Å². The van der Waals surface area contributed by atoms with E-state index in [0.29, 0.717) is 0 Å². The van der Waals surface area contributed by atoms with E-state index in [9.17, 15) is 66.3 Å². The molecule has 0 rings (SSSR count). The van der Waals surface area contributed by atoms with Gasteiger partial charge in [0.2, 0.25) is 0 Å². The average molecular weight is 395 g/mol. The number of nitrogens with zero attached hydrogens (tertiary/aromatic N) is 1. The summed E-state index contributed by atoms with van der Waals surface area (Å²) in [6, 6.07) is -6.96. The Morgan fingerprint density at radius 1 is 0.667 bits per heavy atom. The fourth-order valence-electron chi connectivity index (χ4n) is 1.14. The maximum atomic E-state index is 13.1. The van der Waals surface area contributed by atoms with Crippen LogP contribution in [0.4, 0.5) is 61.5 Å². The summed E-state index contributed by atoms with van der Waals surface area (Å²) in [7, 11) is -0.901. The van der Waals surface area contributed by atoms with Crippen molar-refractivity contribution in [3.05, 3.63) is 0 Å². The predicted octanol–water partition coefficient (Wildman–Crippen LogP) is 4.07. The number of hydrogen-bond donors (Lipinski definition) is 0. The first-order valence-corrected chi connectivity index (χ1v) is 4.99. The normalized spacial score (nSPS) is 15.8. The second-order valence-corrected chi connectivity index (χ2v) is 4.13. The van der Waals surface area contributed by atoms with Crippen LogP contribution in [0.1, 0.15) is 0 Å². The molecule has 0 aromatic carbocycles. The van der Waals surface area contributed by atoms with Crippen LogP contribution in [0.5, 0.6) is 0 Å². The van der Waals surface area contributed by atoms with Crippen molar-refractivity contribution in [2.24, 2.45) is 0 Å². The number of rotatable bonds is 4. The Morgan fingerprint density at radius 2 is 0.958 bits per heavy atom. The van der Waals surface area contributed by atoms with Crippen LogP contribution in [0.3, 0.4) is 0 Å². The highest BCUT2D eigenvalue weighted by molar-refractivity contribution is 5.96. The molecule has 0 aliphatic carbocycles. The second kappa shape index (κ2) is 5.59. The van der Waals surface area contributed by atoms with Gasteiger partial charge < -0.3 is 0 Å². The van der Waals surface area contributed by atoms with Gasteiger partial charge in [0.15, 0.2) is 0 Å². The quantitative estimate of drug-likeness (QED) is 0.529. The van der Waals surface area contributed by atoms with Crippen LogP contribution in [-0.4, -0.2) is 54.0 Å². The highest BCUT2D eigenvalue weighted by Crippen LogP contribution is 2.53. The molecule has 0 bridgehead atoms. The molecule has 0 aromatic heterocycles. The fraction of sp³-hybridized carbons (Fsp3) is 0.875. The van der Waals surface area contributed by atoms with Crippen LogP contribution in [0.15, 0.2) is 0 Å². The van der Waals surface area contributed by atoms with Crippen molar-refractivity contribution < 1.29 is 66.3 Å². The lowest BCUT2D eigenvalue weighted by molar-refractivity contribution is -0.376. The molecule has 0 radical (unpaired) electrons. The van der Waals surface area contributed by atoms with Gasteiger partial charge in [-0.25, -0.2) is 4.39 Å². The van der Waals surface area contributed by atoms with E-state index >= 15 is 0 Å². The number of carbonyl (C=O) groups is 1. The lowest BCUT2D eigenvalue weighted by atomic mass is 9.92. The standard InChI is InChI=1S/C8H3F14NO/c1-23(8(20,21)22)7(18,19)4(10,11)2(24)3(9,5(12,13)14)6(15,16)17/h1H3. The zero-order valence-corrected chi connectivity index (χ0v) is 10.6. The van der Waals surface area contributed by atoms with E-state index in [1.807, 2.05) is 0 Å². The first kappa shape index (κ1) is 22.6. The van der Waals surface area contributed by atoms with Crippen LogP contribution in [0.2, 0.25) is 0 Å². The van der Waals surface area contributed by atoms with Crippen molar-refractivity contribution in [2.45, 2.75) is 36.3 Å². The van der Waals surface area contributed by atoms with Gasteiger partial charge in [0.25, 0.3) is 5.78 Å². The molecule has 16 heteroatoms. The molecule has 24 heavy (non-hydrogen) atoms. The third kappa shape index (κ3) is 3.23. The van der Waals surface area contributed by atoms with Crippen LogP contribution < -0.4 is 0 Å². The molecule has 144 valence electrons. The SMILES string of the molecule is CN(C(F)(F)F)C(F)(F)C(F)(F)C(=O)C(F)(C(F)(F)F)C(F)(F)F. The predicted molar refractivity (Wildman–Crippen MR) is 44.7 cm³/mol. The van der Waals surface area contributed by atoms with Gasteiger partial charge >= 0.3 is 36.3 Å². The smallest absolute Gasteiger partial charge is 0.288 e. The molecule has 0 spiro atoms. The number of alkyl halides is 14. The molecule has 0 heterocycles. The lowest BCUT2D eigenvalue weighted by Crippen LogP contribution is -2.70. The summed E-state index contributed by atoms with van der Waals surface area (Å²) >= 11 is 0. The number of halogens is 14. The van der Waals surface area contributed by atoms with Gasteiger partial charge in [-0.3, -0.25) is 4.79 Å². The largest absolute Gasteiger partial charge is 0.464 e. The minimum Gasteiger partial charge on any atom is -0.288 e. The van der Waals surface area contributed by atoms with E-state index in [1.54, 1.807) is 0 Å². The Morgan fingerprint density at radius 3 is 1.17 bits per heavy atom. The van der Waals surface area contributed by atoms with Gasteiger partial charge in [0.1, 0.15) is 0 Å². The maximum absolute atomic E-state index is 13.1. The molecule has 0 aliphatic heterocycles. The monoisotopic (exact) mass is 395 g/mol. The Bertz CT molecular complexity index is 470. The van der Waals surface area contributed by atoms with E-state index in [1.165, 1.54) is 0 Å². The summed E-state index contributed by atoms with van der Waals surface area (Å²) in [5.41, 5.74) is -7.53. The van der Waals surface area contributed by atoms with Crippen molar-refractivity contribution in [3.8, 4) is 0 Å². The van der Waals surface area contributed by atoms with E-state index in [0.717, 1.165) is 0 Å². The zero-order chi connectivity index (χ0) is 20.2. The Kier molecular flexibility index (Phi) is 5.27. The van der Waals surface area contributed by atoms with Gasteiger partial charge in [-0.05, 0) is 0 Å². The van der Waals surface area contributed by atoms with Gasteiger partial charge in [0.05, 0.1) is 0 Å². The van der Waals surface area contributed by atoms with Gasteiger partial charge in [-0.2, -0.15) is 62.0 Å². The first-order valence-electron chi connectivity index (χ1n) is 4.99. The number of ketones is 1. The second-order valence-electron chi connectivity index (χ2n) is 4.13. The van der Waals surface area contributed by atoms with E-state index in [-0.39, 0.29) is 0 Å². The van der Waals surface area contributed by atoms with Crippen LogP contribution in [0.25, 0.3) is 0 Å². The number of hydrogen-bond acceptors (Lipinski definition) is 2. The van der Waals surface area contributed by atoms with Crippen LogP contribution >= 0.6 is 0 Å². The summed E-state index contributed by atoms with van der Waals surface area (Å²) in [5, 5.41) is 0. The van der Waals surface area contributed by atoms with Gasteiger partial charge in [-0.15, -0.1) is 0 Å². The van der Waals surface area contributed by atoms with Crippen molar-refractivity contribution in [3.63, 3.8) is 0 Å². The molecular formula is C8H3F14NO. The number of carbonyl (C=O) groups excluding carboxylic acids is 1. The molecule has 0 unspecified atom stereocenters. The highest BCUT2D eigenvalue weighted by Gasteiger charge is 2.85. The average Bonchev–Trinajstić information content (AvgIpc) is 2.31. The summed E-state index contributed by atoms with van der Waals surface area (Å²) < 4.78 is 173. The van der Waals surface area contributed by atoms with Crippen molar-refractivity contribution >= 4 is 5.78 Å². The summed E-state index contributed by atoms with van der Waals surface area (Å²) in [5.74, 6) is -12.5. The van der Waals surface area contributed by atoms with Crippen molar-refractivity contribution in [1.29, 1.82) is 0 Å². The van der Waals surface area contributed by atoms with Crippen LogP contribution in [0, 0.1) is 0 Å².